The predicted octanol–water partition coefficient (Wildman–Crippen LogP) is 2.63. The van der Waals surface area contributed by atoms with Gasteiger partial charge in [0.15, 0.2) is 0 Å². The van der Waals surface area contributed by atoms with Crippen molar-refractivity contribution in [1.82, 2.24) is 9.78 Å². The van der Waals surface area contributed by atoms with Crippen LogP contribution >= 0.6 is 0 Å². The second kappa shape index (κ2) is 3.65. The molecule has 0 aliphatic carbocycles. The van der Waals surface area contributed by atoms with Crippen molar-refractivity contribution in [3.05, 3.63) is 18.2 Å². The van der Waals surface area contributed by atoms with Crippen molar-refractivity contribution < 1.29 is 0 Å². The maximum atomic E-state index is 5.85. The molecule has 1 aliphatic heterocycles. The van der Waals surface area contributed by atoms with Crippen LogP contribution in [-0.4, -0.2) is 16.3 Å². The van der Waals surface area contributed by atoms with Crippen LogP contribution in [0.2, 0.25) is 0 Å². The first-order valence-electron chi connectivity index (χ1n) is 6.18. The number of hydrogen-bond donors (Lipinski definition) is 2. The number of nitrogens with two attached hydrogens (primary N) is 1. The number of anilines is 2. The first-order chi connectivity index (χ1) is 8.16. The Labute approximate surface area is 101 Å². The first-order valence-corrected chi connectivity index (χ1v) is 6.18. The van der Waals surface area contributed by atoms with E-state index in [2.05, 4.69) is 23.8 Å². The third kappa shape index (κ3) is 1.55. The molecule has 3 rings (SSSR count). The molecule has 1 atom stereocenters. The summed E-state index contributed by atoms with van der Waals surface area (Å²) in [5.41, 5.74) is 7.66. The average molecular weight is 230 g/mol. The molecule has 0 spiro atoms. The number of nitrogens with one attached hydrogen (secondary N) is 1. The zero-order chi connectivity index (χ0) is 12.0. The number of nitrogen functional groups attached to an aromatic ring is 1. The topological polar surface area (TPSA) is 55.9 Å². The lowest BCUT2D eigenvalue weighted by Crippen LogP contribution is -2.26. The fraction of sp³-hybridized carbons (Fsp3) is 0.462. The van der Waals surface area contributed by atoms with Gasteiger partial charge in [0.25, 0.3) is 0 Å². The summed E-state index contributed by atoms with van der Waals surface area (Å²) < 4.78 is 2.14. The largest absolute Gasteiger partial charge is 0.399 e. The molecule has 2 heterocycles. The summed E-state index contributed by atoms with van der Waals surface area (Å²) in [4.78, 5) is 0. The Kier molecular flexibility index (Phi) is 2.24. The number of benzene rings is 1. The normalized spacial score (nSPS) is 19.4. The van der Waals surface area contributed by atoms with Crippen LogP contribution in [0.3, 0.4) is 0 Å². The molecular weight excluding hydrogens is 212 g/mol. The molecule has 0 bridgehead atoms. The van der Waals surface area contributed by atoms with E-state index < -0.39 is 0 Å². The zero-order valence-electron chi connectivity index (χ0n) is 10.3. The zero-order valence-corrected chi connectivity index (χ0v) is 10.3. The molecule has 2 aromatic rings. The average Bonchev–Trinajstić information content (AvgIpc) is 2.66. The molecule has 90 valence electrons. The molecule has 0 saturated carbocycles. The Morgan fingerprint density at radius 3 is 3.06 bits per heavy atom. The van der Waals surface area contributed by atoms with Crippen LogP contribution in [-0.2, 0) is 0 Å². The lowest BCUT2D eigenvalue weighted by Gasteiger charge is -2.28. The van der Waals surface area contributed by atoms with E-state index >= 15 is 0 Å². The molecule has 1 aliphatic rings. The van der Waals surface area contributed by atoms with Crippen LogP contribution in [0, 0.1) is 5.92 Å². The maximum absolute atomic E-state index is 5.85. The molecule has 1 aromatic carbocycles. The Morgan fingerprint density at radius 2 is 2.29 bits per heavy atom. The SMILES string of the molecule is CC(C)C1CCNc2c3cc(N)ccc3nn21. The van der Waals surface area contributed by atoms with Gasteiger partial charge in [-0.05, 0) is 30.5 Å². The summed E-state index contributed by atoms with van der Waals surface area (Å²) in [6.45, 7) is 5.51. The van der Waals surface area contributed by atoms with Gasteiger partial charge in [0, 0.05) is 17.6 Å². The molecule has 3 N–H and O–H groups in total. The van der Waals surface area contributed by atoms with Crippen molar-refractivity contribution in [2.75, 3.05) is 17.6 Å². The Balaban J connectivity index is 2.22. The lowest BCUT2D eigenvalue weighted by atomic mass is 10.00. The highest BCUT2D eigenvalue weighted by Crippen LogP contribution is 2.34. The molecule has 0 fully saturated rings. The molecule has 0 radical (unpaired) electrons. The summed E-state index contributed by atoms with van der Waals surface area (Å²) in [6.07, 6.45) is 1.13. The minimum atomic E-state index is 0.486. The van der Waals surface area contributed by atoms with Gasteiger partial charge < -0.3 is 11.1 Å². The van der Waals surface area contributed by atoms with Crippen molar-refractivity contribution in [2.24, 2.45) is 5.92 Å². The van der Waals surface area contributed by atoms with Crippen LogP contribution in [0.25, 0.3) is 10.9 Å². The summed E-state index contributed by atoms with van der Waals surface area (Å²) >= 11 is 0. The minimum Gasteiger partial charge on any atom is -0.399 e. The summed E-state index contributed by atoms with van der Waals surface area (Å²) in [5.74, 6) is 1.72. The number of fused-ring (bicyclic) bond motifs is 3. The van der Waals surface area contributed by atoms with Crippen LogP contribution in [0.1, 0.15) is 26.3 Å². The van der Waals surface area contributed by atoms with E-state index in [4.69, 9.17) is 10.8 Å². The molecular formula is C13H18N4. The fourth-order valence-electron chi connectivity index (χ4n) is 2.61. The Morgan fingerprint density at radius 1 is 1.47 bits per heavy atom. The van der Waals surface area contributed by atoms with Crippen LogP contribution in [0.4, 0.5) is 11.5 Å². The summed E-state index contributed by atoms with van der Waals surface area (Å²) in [5, 5.41) is 9.27. The lowest BCUT2D eigenvalue weighted by molar-refractivity contribution is 0.325. The van der Waals surface area contributed by atoms with Gasteiger partial charge in [-0.3, -0.25) is 0 Å². The van der Waals surface area contributed by atoms with E-state index in [9.17, 15) is 0 Å². The highest BCUT2D eigenvalue weighted by Gasteiger charge is 2.25. The van der Waals surface area contributed by atoms with Gasteiger partial charge in [0.2, 0.25) is 0 Å². The number of hydrogen-bond acceptors (Lipinski definition) is 3. The molecule has 17 heavy (non-hydrogen) atoms. The quantitative estimate of drug-likeness (QED) is 0.740. The van der Waals surface area contributed by atoms with Crippen LogP contribution in [0.15, 0.2) is 18.2 Å². The minimum absolute atomic E-state index is 0.486. The van der Waals surface area contributed by atoms with Crippen molar-refractivity contribution >= 4 is 22.4 Å². The fourth-order valence-corrected chi connectivity index (χ4v) is 2.61. The van der Waals surface area contributed by atoms with Crippen molar-refractivity contribution in [1.29, 1.82) is 0 Å². The standard InChI is InChI=1S/C13H18N4/c1-8(2)12-5-6-15-13-10-7-9(14)3-4-11(10)16-17(12)13/h3-4,7-8,12,15H,5-6,14H2,1-2H3. The number of aromatic nitrogens is 2. The maximum Gasteiger partial charge on any atom is 0.132 e. The van der Waals surface area contributed by atoms with Gasteiger partial charge in [0.05, 0.1) is 11.6 Å². The van der Waals surface area contributed by atoms with Gasteiger partial charge in [-0.1, -0.05) is 13.8 Å². The smallest absolute Gasteiger partial charge is 0.132 e. The molecule has 0 amide bonds. The highest BCUT2D eigenvalue weighted by molar-refractivity contribution is 5.92. The second-order valence-electron chi connectivity index (χ2n) is 5.10. The highest BCUT2D eigenvalue weighted by atomic mass is 15.4. The number of rotatable bonds is 1. The van der Waals surface area contributed by atoms with Gasteiger partial charge in [-0.2, -0.15) is 5.10 Å². The van der Waals surface area contributed by atoms with Gasteiger partial charge in [0.1, 0.15) is 5.82 Å². The molecule has 4 heteroatoms. The summed E-state index contributed by atoms with van der Waals surface area (Å²) in [6, 6.07) is 6.39. The third-order valence-electron chi connectivity index (χ3n) is 3.54. The monoisotopic (exact) mass is 230 g/mol. The Hall–Kier alpha value is -1.71. The molecule has 1 aromatic heterocycles. The summed E-state index contributed by atoms with van der Waals surface area (Å²) in [7, 11) is 0. The second-order valence-corrected chi connectivity index (χ2v) is 5.10. The van der Waals surface area contributed by atoms with E-state index in [0.717, 1.165) is 35.4 Å². The van der Waals surface area contributed by atoms with E-state index in [1.165, 1.54) is 0 Å². The van der Waals surface area contributed by atoms with Crippen molar-refractivity contribution in [3.63, 3.8) is 0 Å². The molecule has 0 saturated heterocycles. The van der Waals surface area contributed by atoms with Crippen LogP contribution < -0.4 is 11.1 Å². The van der Waals surface area contributed by atoms with Gasteiger partial charge >= 0.3 is 0 Å². The van der Waals surface area contributed by atoms with Crippen LogP contribution in [0.5, 0.6) is 0 Å². The van der Waals surface area contributed by atoms with Crippen molar-refractivity contribution in [2.45, 2.75) is 26.3 Å². The first kappa shape index (κ1) is 10.4. The number of nitrogens with zero attached hydrogens (tertiary/aromatic N) is 2. The third-order valence-corrected chi connectivity index (χ3v) is 3.54. The Bertz CT molecular complexity index is 556. The predicted molar refractivity (Wildman–Crippen MR) is 71.1 cm³/mol. The van der Waals surface area contributed by atoms with Gasteiger partial charge in [-0.15, -0.1) is 0 Å². The van der Waals surface area contributed by atoms with E-state index in [-0.39, 0.29) is 0 Å². The van der Waals surface area contributed by atoms with Crippen molar-refractivity contribution in [3.8, 4) is 0 Å². The molecule has 1 unspecified atom stereocenters. The van der Waals surface area contributed by atoms with Gasteiger partial charge in [-0.25, -0.2) is 4.68 Å². The molecule has 4 nitrogen and oxygen atoms in total. The van der Waals surface area contributed by atoms with E-state index in [1.54, 1.807) is 0 Å². The van der Waals surface area contributed by atoms with E-state index in [1.807, 2.05) is 18.2 Å². The van der Waals surface area contributed by atoms with E-state index in [0.29, 0.717) is 12.0 Å².